The van der Waals surface area contributed by atoms with Gasteiger partial charge in [0.1, 0.15) is 5.65 Å². The van der Waals surface area contributed by atoms with Gasteiger partial charge in [0.2, 0.25) is 5.91 Å². The Morgan fingerprint density at radius 2 is 2.21 bits per heavy atom. The highest BCUT2D eigenvalue weighted by Crippen LogP contribution is 2.16. The van der Waals surface area contributed by atoms with Gasteiger partial charge >= 0.3 is 0 Å². The van der Waals surface area contributed by atoms with Crippen molar-refractivity contribution in [2.24, 2.45) is 5.73 Å². The average Bonchev–Trinajstić information content (AvgIpc) is 3.03. The molecule has 0 saturated carbocycles. The van der Waals surface area contributed by atoms with E-state index in [9.17, 15) is 4.79 Å². The molecule has 0 unspecified atom stereocenters. The summed E-state index contributed by atoms with van der Waals surface area (Å²) in [6.45, 7) is 0.367. The van der Waals surface area contributed by atoms with Gasteiger partial charge in [0.25, 0.3) is 0 Å². The van der Waals surface area contributed by atoms with Crippen molar-refractivity contribution in [3.8, 4) is 0 Å². The molecule has 122 valence electrons. The molecule has 0 aliphatic heterocycles. The maximum atomic E-state index is 12.1. The number of amides is 1. The third-order valence-electron chi connectivity index (χ3n) is 3.73. The molecule has 3 aromatic heterocycles. The average molecular weight is 321 g/mol. The van der Waals surface area contributed by atoms with E-state index >= 15 is 0 Å². The Bertz CT molecular complexity index is 841. The van der Waals surface area contributed by atoms with Gasteiger partial charge in [0, 0.05) is 54.4 Å². The third kappa shape index (κ3) is 3.85. The second-order valence-corrected chi connectivity index (χ2v) is 5.48. The molecule has 0 bridgehead atoms. The Morgan fingerprint density at radius 3 is 3.00 bits per heavy atom. The van der Waals surface area contributed by atoms with Gasteiger partial charge in [0.15, 0.2) is 0 Å². The van der Waals surface area contributed by atoms with Crippen LogP contribution in [0.15, 0.2) is 55.1 Å². The highest BCUT2D eigenvalue weighted by Gasteiger charge is 2.10. The van der Waals surface area contributed by atoms with Gasteiger partial charge in [0.05, 0.1) is 0 Å². The fraction of sp³-hybridized carbons (Fsp3) is 0.167. The van der Waals surface area contributed by atoms with Crippen molar-refractivity contribution in [2.45, 2.75) is 12.5 Å². The fourth-order valence-corrected chi connectivity index (χ4v) is 2.53. The molecule has 0 aromatic carbocycles. The van der Waals surface area contributed by atoms with Crippen LogP contribution in [0.5, 0.6) is 0 Å². The van der Waals surface area contributed by atoms with Gasteiger partial charge in [-0.25, -0.2) is 4.98 Å². The lowest BCUT2D eigenvalue weighted by atomic mass is 10.1. The number of carbonyl (C=O) groups excluding carboxylic acids is 1. The van der Waals surface area contributed by atoms with E-state index in [0.717, 1.165) is 22.2 Å². The van der Waals surface area contributed by atoms with Gasteiger partial charge in [-0.2, -0.15) is 0 Å². The topological polar surface area (TPSA) is 96.7 Å². The zero-order valence-corrected chi connectivity index (χ0v) is 13.1. The number of pyridine rings is 2. The molecule has 6 heteroatoms. The summed E-state index contributed by atoms with van der Waals surface area (Å²) >= 11 is 0. The van der Waals surface area contributed by atoms with Crippen LogP contribution in [-0.4, -0.2) is 33.4 Å². The van der Waals surface area contributed by atoms with E-state index in [0.29, 0.717) is 13.0 Å². The molecule has 0 aliphatic carbocycles. The first kappa shape index (κ1) is 15.9. The van der Waals surface area contributed by atoms with Gasteiger partial charge in [-0.1, -0.05) is 6.07 Å². The molecule has 6 nitrogen and oxygen atoms in total. The summed E-state index contributed by atoms with van der Waals surface area (Å²) in [4.78, 5) is 23.5. The molecule has 3 rings (SSSR count). The quantitative estimate of drug-likeness (QED) is 0.602. The van der Waals surface area contributed by atoms with Crippen LogP contribution < -0.4 is 11.1 Å². The predicted molar refractivity (Wildman–Crippen MR) is 94.1 cm³/mol. The Hall–Kier alpha value is -2.99. The number of aromatic nitrogens is 3. The second-order valence-electron chi connectivity index (χ2n) is 5.48. The summed E-state index contributed by atoms with van der Waals surface area (Å²) in [5.74, 6) is -0.174. The molecule has 3 aromatic rings. The summed E-state index contributed by atoms with van der Waals surface area (Å²) in [6.07, 6.45) is 11.0. The molecule has 1 amide bonds. The highest BCUT2D eigenvalue weighted by atomic mass is 16.1. The van der Waals surface area contributed by atoms with E-state index in [1.807, 2.05) is 30.5 Å². The molecule has 3 heterocycles. The first-order chi connectivity index (χ1) is 11.8. The van der Waals surface area contributed by atoms with Crippen LogP contribution >= 0.6 is 0 Å². The van der Waals surface area contributed by atoms with E-state index in [1.54, 1.807) is 24.7 Å². The number of hydrogen-bond donors (Lipinski definition) is 3. The van der Waals surface area contributed by atoms with Crippen LogP contribution in [0.3, 0.4) is 0 Å². The molecule has 0 spiro atoms. The fourth-order valence-electron chi connectivity index (χ4n) is 2.53. The number of hydrogen-bond acceptors (Lipinski definition) is 4. The Morgan fingerprint density at radius 1 is 1.33 bits per heavy atom. The first-order valence-electron chi connectivity index (χ1n) is 7.76. The second kappa shape index (κ2) is 7.52. The molecule has 0 radical (unpaired) electrons. The Labute approximate surface area is 139 Å². The smallest absolute Gasteiger partial charge is 0.244 e. The van der Waals surface area contributed by atoms with Crippen LogP contribution in [0.25, 0.3) is 17.1 Å². The minimum Gasteiger partial charge on any atom is -0.348 e. The summed E-state index contributed by atoms with van der Waals surface area (Å²) < 4.78 is 0. The summed E-state index contributed by atoms with van der Waals surface area (Å²) in [5.41, 5.74) is 8.52. The predicted octanol–water partition coefficient (Wildman–Crippen LogP) is 1.66. The standard InChI is InChI=1S/C18H19N5O/c19-10-15(9-13-3-1-7-20-11-13)23-17(24)6-5-14-12-22-18-16(14)4-2-8-21-18/h1-8,11-12,15H,9-10,19H2,(H,21,22)(H,23,24)/t15-/m0/s1. The monoisotopic (exact) mass is 321 g/mol. The zero-order valence-electron chi connectivity index (χ0n) is 13.1. The first-order valence-corrected chi connectivity index (χ1v) is 7.76. The largest absolute Gasteiger partial charge is 0.348 e. The summed E-state index contributed by atoms with van der Waals surface area (Å²) in [7, 11) is 0. The lowest BCUT2D eigenvalue weighted by molar-refractivity contribution is -0.117. The minimum absolute atomic E-state index is 0.129. The van der Waals surface area contributed by atoms with E-state index in [1.165, 1.54) is 6.08 Å². The van der Waals surface area contributed by atoms with E-state index in [4.69, 9.17) is 5.73 Å². The van der Waals surface area contributed by atoms with Gasteiger partial charge in [-0.15, -0.1) is 0 Å². The van der Waals surface area contributed by atoms with Crippen LogP contribution in [0.1, 0.15) is 11.1 Å². The minimum atomic E-state index is -0.174. The van der Waals surface area contributed by atoms with Crippen LogP contribution in [0.4, 0.5) is 0 Å². The van der Waals surface area contributed by atoms with E-state index in [-0.39, 0.29) is 11.9 Å². The normalized spacial score (nSPS) is 12.5. The number of rotatable bonds is 6. The maximum Gasteiger partial charge on any atom is 0.244 e. The lowest BCUT2D eigenvalue weighted by Gasteiger charge is -2.15. The Kier molecular flexibility index (Phi) is 4.98. The van der Waals surface area contributed by atoms with Crippen LogP contribution in [-0.2, 0) is 11.2 Å². The number of H-pyrrole nitrogens is 1. The molecule has 24 heavy (non-hydrogen) atoms. The molecular weight excluding hydrogens is 302 g/mol. The van der Waals surface area contributed by atoms with Crippen molar-refractivity contribution >= 4 is 23.0 Å². The van der Waals surface area contributed by atoms with Gasteiger partial charge < -0.3 is 16.0 Å². The number of nitrogens with two attached hydrogens (primary N) is 1. The third-order valence-corrected chi connectivity index (χ3v) is 3.73. The number of nitrogens with zero attached hydrogens (tertiary/aromatic N) is 2. The molecule has 0 aliphatic rings. The maximum absolute atomic E-state index is 12.1. The number of fused-ring (bicyclic) bond motifs is 1. The van der Waals surface area contributed by atoms with Gasteiger partial charge in [-0.3, -0.25) is 9.78 Å². The van der Waals surface area contributed by atoms with Crippen molar-refractivity contribution in [3.63, 3.8) is 0 Å². The van der Waals surface area contributed by atoms with Crippen LogP contribution in [0, 0.1) is 0 Å². The zero-order chi connectivity index (χ0) is 16.8. The van der Waals surface area contributed by atoms with Crippen LogP contribution in [0.2, 0.25) is 0 Å². The number of carbonyl (C=O) groups is 1. The number of nitrogens with one attached hydrogen (secondary N) is 2. The molecule has 0 fully saturated rings. The van der Waals surface area contributed by atoms with Crippen molar-refractivity contribution in [3.05, 3.63) is 66.3 Å². The molecule has 4 N–H and O–H groups in total. The molecule has 0 saturated heterocycles. The lowest BCUT2D eigenvalue weighted by Crippen LogP contribution is -2.40. The van der Waals surface area contributed by atoms with Gasteiger partial charge in [-0.05, 0) is 36.3 Å². The van der Waals surface area contributed by atoms with E-state index in [2.05, 4.69) is 20.3 Å². The van der Waals surface area contributed by atoms with Crippen molar-refractivity contribution in [1.29, 1.82) is 0 Å². The highest BCUT2D eigenvalue weighted by molar-refractivity contribution is 5.95. The molecular formula is C18H19N5O. The van der Waals surface area contributed by atoms with Crippen molar-refractivity contribution in [2.75, 3.05) is 6.54 Å². The van der Waals surface area contributed by atoms with Crippen molar-refractivity contribution < 1.29 is 4.79 Å². The summed E-state index contributed by atoms with van der Waals surface area (Å²) in [5, 5.41) is 3.90. The van der Waals surface area contributed by atoms with E-state index < -0.39 is 0 Å². The van der Waals surface area contributed by atoms with Crippen molar-refractivity contribution in [1.82, 2.24) is 20.3 Å². The number of aromatic amines is 1. The summed E-state index contributed by atoms with van der Waals surface area (Å²) in [6, 6.07) is 7.54. The molecule has 1 atom stereocenters. The SMILES string of the molecule is NC[C@H](Cc1cccnc1)NC(=O)C=Cc1c[nH]c2ncccc12. The Balaban J connectivity index is 1.63.